The zero-order chi connectivity index (χ0) is 10.4. The number of hydrogen-bond donors (Lipinski definition) is 0. The van der Waals surface area contributed by atoms with Gasteiger partial charge in [-0.25, -0.2) is 0 Å². The Hall–Kier alpha value is -0.430. The van der Waals surface area contributed by atoms with Crippen molar-refractivity contribution >= 4 is 11.8 Å². The van der Waals surface area contributed by atoms with Crippen molar-refractivity contribution in [1.29, 1.82) is 0 Å². The summed E-state index contributed by atoms with van der Waals surface area (Å²) in [5.41, 5.74) is 2.31. The van der Waals surface area contributed by atoms with Gasteiger partial charge in [0, 0.05) is 4.75 Å². The van der Waals surface area contributed by atoms with Gasteiger partial charge in [0.25, 0.3) is 0 Å². The molecule has 0 saturated heterocycles. The average Bonchev–Trinajstić information content (AvgIpc) is 2.17. The molecule has 0 unspecified atom stereocenters. The molecule has 0 aliphatic heterocycles. The second-order valence-corrected chi connectivity index (χ2v) is 6.46. The first-order valence-corrected chi connectivity index (χ1v) is 7.12. The predicted molar refractivity (Wildman–Crippen MR) is 67.2 cm³/mol. The van der Waals surface area contributed by atoms with Gasteiger partial charge in [0.1, 0.15) is 0 Å². The molecular formula is C14H18S. The van der Waals surface area contributed by atoms with E-state index in [1.807, 2.05) is 0 Å². The number of rotatable bonds is 2. The van der Waals surface area contributed by atoms with Crippen LogP contribution in [0.5, 0.6) is 0 Å². The lowest BCUT2D eigenvalue weighted by Gasteiger charge is -2.61. The van der Waals surface area contributed by atoms with Crippen LogP contribution in [0.3, 0.4) is 0 Å². The summed E-state index contributed by atoms with van der Waals surface area (Å²) in [6.45, 7) is 0. The SMILES string of the molecule is CSC1(c2ccccc2)CC2(CCC2)C1. The Labute approximate surface area is 96.5 Å². The van der Waals surface area contributed by atoms with Crippen LogP contribution in [0.2, 0.25) is 0 Å². The Bertz CT molecular complexity index is 343. The van der Waals surface area contributed by atoms with Crippen LogP contribution in [0.1, 0.15) is 37.7 Å². The second kappa shape index (κ2) is 3.28. The zero-order valence-electron chi connectivity index (χ0n) is 9.33. The molecule has 0 N–H and O–H groups in total. The first kappa shape index (κ1) is 9.77. The number of benzene rings is 1. The van der Waals surface area contributed by atoms with Gasteiger partial charge in [-0.1, -0.05) is 36.8 Å². The number of thioether (sulfide) groups is 1. The molecule has 0 radical (unpaired) electrons. The molecule has 0 atom stereocenters. The molecule has 80 valence electrons. The van der Waals surface area contributed by atoms with Crippen LogP contribution in [-0.4, -0.2) is 6.26 Å². The Kier molecular flexibility index (Phi) is 2.14. The van der Waals surface area contributed by atoms with E-state index in [2.05, 4.69) is 48.3 Å². The molecule has 15 heavy (non-hydrogen) atoms. The molecule has 0 bridgehead atoms. The minimum Gasteiger partial charge on any atom is -0.154 e. The van der Waals surface area contributed by atoms with Crippen LogP contribution in [0.15, 0.2) is 30.3 Å². The van der Waals surface area contributed by atoms with Crippen molar-refractivity contribution in [2.75, 3.05) is 6.26 Å². The van der Waals surface area contributed by atoms with Gasteiger partial charge < -0.3 is 0 Å². The molecule has 0 nitrogen and oxygen atoms in total. The monoisotopic (exact) mass is 218 g/mol. The molecule has 2 saturated carbocycles. The normalized spacial score (nSPS) is 25.7. The molecule has 3 rings (SSSR count). The van der Waals surface area contributed by atoms with Crippen molar-refractivity contribution in [2.24, 2.45) is 5.41 Å². The van der Waals surface area contributed by atoms with Crippen LogP contribution in [-0.2, 0) is 4.75 Å². The smallest absolute Gasteiger partial charge is 0.0416 e. The summed E-state index contributed by atoms with van der Waals surface area (Å²) >= 11 is 2.06. The quantitative estimate of drug-likeness (QED) is 0.716. The third kappa shape index (κ3) is 1.36. The molecule has 1 aromatic carbocycles. The molecule has 2 aliphatic carbocycles. The van der Waals surface area contributed by atoms with Gasteiger partial charge in [0.2, 0.25) is 0 Å². The average molecular weight is 218 g/mol. The van der Waals surface area contributed by atoms with E-state index in [0.717, 1.165) is 5.41 Å². The van der Waals surface area contributed by atoms with E-state index in [0.29, 0.717) is 4.75 Å². The van der Waals surface area contributed by atoms with Crippen LogP contribution >= 0.6 is 11.8 Å². The van der Waals surface area contributed by atoms with Crippen molar-refractivity contribution < 1.29 is 0 Å². The van der Waals surface area contributed by atoms with Gasteiger partial charge >= 0.3 is 0 Å². The van der Waals surface area contributed by atoms with Crippen LogP contribution in [0.4, 0.5) is 0 Å². The van der Waals surface area contributed by atoms with Crippen molar-refractivity contribution in [3.63, 3.8) is 0 Å². The highest BCUT2D eigenvalue weighted by Crippen LogP contribution is 2.68. The van der Waals surface area contributed by atoms with Gasteiger partial charge in [-0.3, -0.25) is 0 Å². The Morgan fingerprint density at radius 3 is 2.20 bits per heavy atom. The topological polar surface area (TPSA) is 0 Å². The fraction of sp³-hybridized carbons (Fsp3) is 0.571. The Morgan fingerprint density at radius 2 is 1.73 bits per heavy atom. The molecule has 0 aromatic heterocycles. The maximum Gasteiger partial charge on any atom is 0.0416 e. The molecule has 0 heterocycles. The third-order valence-electron chi connectivity index (χ3n) is 4.43. The lowest BCUT2D eigenvalue weighted by molar-refractivity contribution is -0.00654. The first-order valence-electron chi connectivity index (χ1n) is 5.89. The summed E-state index contributed by atoms with van der Waals surface area (Å²) < 4.78 is 0.460. The summed E-state index contributed by atoms with van der Waals surface area (Å²) in [6, 6.07) is 11.1. The van der Waals surface area contributed by atoms with E-state index >= 15 is 0 Å². The maximum atomic E-state index is 2.31. The molecular weight excluding hydrogens is 200 g/mol. The predicted octanol–water partition coefficient (Wildman–Crippen LogP) is 4.21. The minimum absolute atomic E-state index is 0.460. The largest absolute Gasteiger partial charge is 0.154 e. The summed E-state index contributed by atoms with van der Waals surface area (Å²) in [5.74, 6) is 0. The summed E-state index contributed by atoms with van der Waals surface area (Å²) in [4.78, 5) is 0. The molecule has 2 fully saturated rings. The standard InChI is InChI=1S/C14H18S/c1-15-14(12-6-3-2-4-7-12)10-13(11-14)8-5-9-13/h2-4,6-7H,5,8-11H2,1H3. The summed E-state index contributed by atoms with van der Waals surface area (Å²) in [7, 11) is 0. The van der Waals surface area contributed by atoms with Gasteiger partial charge in [-0.05, 0) is 42.9 Å². The molecule has 0 amide bonds. The van der Waals surface area contributed by atoms with E-state index < -0.39 is 0 Å². The van der Waals surface area contributed by atoms with E-state index in [1.165, 1.54) is 32.1 Å². The maximum absolute atomic E-state index is 2.31. The highest BCUT2D eigenvalue weighted by atomic mass is 32.2. The molecule has 1 spiro atoms. The molecule has 1 heteroatoms. The number of hydrogen-bond acceptors (Lipinski definition) is 1. The lowest BCUT2D eigenvalue weighted by Crippen LogP contribution is -2.51. The summed E-state index contributed by atoms with van der Waals surface area (Å²) in [5, 5.41) is 0. The fourth-order valence-corrected chi connectivity index (χ4v) is 4.67. The lowest BCUT2D eigenvalue weighted by atomic mass is 9.50. The van der Waals surface area contributed by atoms with E-state index in [4.69, 9.17) is 0 Å². The first-order chi connectivity index (χ1) is 7.29. The highest BCUT2D eigenvalue weighted by molar-refractivity contribution is 7.99. The van der Waals surface area contributed by atoms with E-state index in [1.54, 1.807) is 5.56 Å². The van der Waals surface area contributed by atoms with Crippen LogP contribution in [0.25, 0.3) is 0 Å². The Balaban J connectivity index is 1.84. The summed E-state index contributed by atoms with van der Waals surface area (Å²) in [6.07, 6.45) is 9.57. The van der Waals surface area contributed by atoms with Crippen LogP contribution in [0, 0.1) is 5.41 Å². The van der Waals surface area contributed by atoms with Crippen molar-refractivity contribution in [2.45, 2.75) is 36.9 Å². The fourth-order valence-electron chi connectivity index (χ4n) is 3.40. The van der Waals surface area contributed by atoms with Gasteiger partial charge in [-0.2, -0.15) is 11.8 Å². The molecule has 1 aromatic rings. The minimum atomic E-state index is 0.460. The van der Waals surface area contributed by atoms with Gasteiger partial charge in [0.15, 0.2) is 0 Å². The zero-order valence-corrected chi connectivity index (χ0v) is 10.1. The highest BCUT2D eigenvalue weighted by Gasteiger charge is 2.57. The van der Waals surface area contributed by atoms with Crippen molar-refractivity contribution in [3.05, 3.63) is 35.9 Å². The van der Waals surface area contributed by atoms with E-state index in [-0.39, 0.29) is 0 Å². The Morgan fingerprint density at radius 1 is 1.07 bits per heavy atom. The van der Waals surface area contributed by atoms with Crippen molar-refractivity contribution in [3.8, 4) is 0 Å². The second-order valence-electron chi connectivity index (χ2n) is 5.27. The van der Waals surface area contributed by atoms with Crippen molar-refractivity contribution in [1.82, 2.24) is 0 Å². The van der Waals surface area contributed by atoms with Crippen LogP contribution < -0.4 is 0 Å². The molecule has 2 aliphatic rings. The van der Waals surface area contributed by atoms with Gasteiger partial charge in [-0.15, -0.1) is 0 Å². The van der Waals surface area contributed by atoms with Gasteiger partial charge in [0.05, 0.1) is 0 Å². The third-order valence-corrected chi connectivity index (χ3v) is 5.73. The van der Waals surface area contributed by atoms with E-state index in [9.17, 15) is 0 Å².